The molecule has 0 radical (unpaired) electrons. The van der Waals surface area contributed by atoms with E-state index in [4.69, 9.17) is 0 Å². The second kappa shape index (κ2) is 4.83. The minimum Gasteiger partial charge on any atom is -0.427 e. The van der Waals surface area contributed by atoms with Gasteiger partial charge in [0.05, 0.1) is 5.71 Å². The Kier molecular flexibility index (Phi) is 3.23. The van der Waals surface area contributed by atoms with Gasteiger partial charge in [-0.25, -0.2) is 0 Å². The smallest absolute Gasteiger partial charge is 0.189 e. The number of hydrogen-bond acceptors (Lipinski definition) is 4. The number of pyridine rings is 1. The second-order valence-electron chi connectivity index (χ2n) is 4.01. The van der Waals surface area contributed by atoms with Crippen LogP contribution in [-0.4, -0.2) is 21.4 Å². The van der Waals surface area contributed by atoms with Crippen LogP contribution in [-0.2, 0) is 4.79 Å². The Balaban J connectivity index is 2.42. The van der Waals surface area contributed by atoms with Crippen LogP contribution in [0.3, 0.4) is 0 Å². The maximum absolute atomic E-state index is 11.4. The van der Waals surface area contributed by atoms with E-state index in [1.54, 1.807) is 38.1 Å². The molecule has 0 aliphatic heterocycles. The lowest BCUT2D eigenvalue weighted by Gasteiger charge is -2.07. The molecule has 0 saturated carbocycles. The first kappa shape index (κ1) is 12.0. The molecule has 1 aromatic heterocycles. The van der Waals surface area contributed by atoms with Crippen molar-refractivity contribution in [2.75, 3.05) is 0 Å². The van der Waals surface area contributed by atoms with Crippen molar-refractivity contribution in [3.63, 3.8) is 0 Å². The zero-order valence-corrected chi connectivity index (χ0v) is 10.2. The maximum Gasteiger partial charge on any atom is 0.189 e. The number of ketones is 1. The van der Waals surface area contributed by atoms with E-state index in [-0.39, 0.29) is 5.78 Å². The number of carbonyl (C=O) groups is 1. The first-order valence-electron chi connectivity index (χ1n) is 5.48. The molecule has 0 aromatic carbocycles. The van der Waals surface area contributed by atoms with E-state index in [9.17, 15) is 10.0 Å². The highest BCUT2D eigenvalue weighted by molar-refractivity contribution is 6.21. The highest BCUT2D eigenvalue weighted by Gasteiger charge is 2.12. The summed E-state index contributed by atoms with van der Waals surface area (Å²) in [5.74, 6) is -0.0108. The Bertz CT molecular complexity index is 648. The second-order valence-corrected chi connectivity index (χ2v) is 4.01. The van der Waals surface area contributed by atoms with Crippen LogP contribution in [0.4, 0.5) is 0 Å². The quantitative estimate of drug-likeness (QED) is 0.461. The molecule has 5 heteroatoms. The Morgan fingerprint density at radius 2 is 1.89 bits per heavy atom. The Labute approximate surface area is 104 Å². The van der Waals surface area contributed by atoms with Gasteiger partial charge in [-0.1, -0.05) is 6.07 Å². The van der Waals surface area contributed by atoms with Gasteiger partial charge in [0.25, 0.3) is 0 Å². The molecule has 0 bridgehead atoms. The zero-order chi connectivity index (χ0) is 13.1. The summed E-state index contributed by atoms with van der Waals surface area (Å²) in [5.41, 5.74) is 2.32. The van der Waals surface area contributed by atoms with Gasteiger partial charge in [-0.3, -0.25) is 4.79 Å². The molecule has 1 heterocycles. The zero-order valence-electron chi connectivity index (χ0n) is 10.2. The number of aromatic nitrogens is 1. The maximum atomic E-state index is 11.4. The number of carbonyl (C=O) groups excluding carboxylic acids is 1. The molecule has 18 heavy (non-hydrogen) atoms. The minimum atomic E-state index is -0.0108. The summed E-state index contributed by atoms with van der Waals surface area (Å²) in [6.07, 6.45) is 4.68. The lowest BCUT2D eigenvalue weighted by molar-refractivity contribution is -0.111. The fourth-order valence-corrected chi connectivity index (χ4v) is 1.49. The largest absolute Gasteiger partial charge is 0.427 e. The molecule has 0 amide bonds. The van der Waals surface area contributed by atoms with E-state index in [0.717, 1.165) is 10.3 Å². The fraction of sp³-hybridized carbons (Fsp3) is 0.154. The molecule has 1 aliphatic carbocycles. The van der Waals surface area contributed by atoms with Gasteiger partial charge in [0.15, 0.2) is 11.3 Å². The molecule has 0 spiro atoms. The van der Waals surface area contributed by atoms with Crippen molar-refractivity contribution < 1.29 is 10.0 Å². The van der Waals surface area contributed by atoms with Crippen LogP contribution in [0, 0.1) is 0 Å². The third kappa shape index (κ3) is 2.45. The average Bonchev–Trinajstić information content (AvgIpc) is 2.34. The van der Waals surface area contributed by atoms with Crippen molar-refractivity contribution in [1.29, 1.82) is 0 Å². The molecule has 2 rings (SSSR count). The van der Waals surface area contributed by atoms with Gasteiger partial charge in [-0.2, -0.15) is 4.73 Å². The highest BCUT2D eigenvalue weighted by Crippen LogP contribution is 2.11. The molecule has 1 aliphatic rings. The van der Waals surface area contributed by atoms with Crippen molar-refractivity contribution in [2.45, 2.75) is 13.8 Å². The molecule has 1 N–H and O–H groups in total. The van der Waals surface area contributed by atoms with Gasteiger partial charge in [0.2, 0.25) is 0 Å². The van der Waals surface area contributed by atoms with E-state index in [0.29, 0.717) is 16.8 Å². The molecule has 92 valence electrons. The topological polar surface area (TPSA) is 66.9 Å². The van der Waals surface area contributed by atoms with Crippen LogP contribution < -0.4 is 5.49 Å². The van der Waals surface area contributed by atoms with Crippen molar-refractivity contribution >= 4 is 11.5 Å². The van der Waals surface area contributed by atoms with Gasteiger partial charge in [0.1, 0.15) is 0 Å². The Hall–Kier alpha value is -2.43. The molecule has 0 saturated heterocycles. The molecule has 0 unspecified atom stereocenters. The molecular weight excluding hydrogens is 230 g/mol. The lowest BCUT2D eigenvalue weighted by Crippen LogP contribution is -2.17. The van der Waals surface area contributed by atoms with Crippen LogP contribution in [0.25, 0.3) is 0 Å². The first-order chi connectivity index (χ1) is 8.58. The van der Waals surface area contributed by atoms with Gasteiger partial charge < -0.3 is 5.21 Å². The summed E-state index contributed by atoms with van der Waals surface area (Å²) in [7, 11) is 0. The summed E-state index contributed by atoms with van der Waals surface area (Å²) in [4.78, 5) is 11.4. The first-order valence-corrected chi connectivity index (χ1v) is 5.48. The average molecular weight is 243 g/mol. The number of hydrogen-bond donors (Lipinski definition) is 1. The van der Waals surface area contributed by atoms with Crippen LogP contribution in [0.15, 0.2) is 57.9 Å². The number of nitrogens with zero attached hydrogens (tertiary/aromatic N) is 3. The van der Waals surface area contributed by atoms with Gasteiger partial charge in [-0.15, -0.1) is 10.2 Å². The van der Waals surface area contributed by atoms with E-state index >= 15 is 0 Å². The van der Waals surface area contributed by atoms with E-state index in [1.807, 2.05) is 0 Å². The van der Waals surface area contributed by atoms with Crippen molar-refractivity contribution in [3.8, 4) is 0 Å². The highest BCUT2D eigenvalue weighted by atomic mass is 16.5. The minimum absolute atomic E-state index is 0.0108. The molecule has 5 nitrogen and oxygen atoms in total. The predicted molar refractivity (Wildman–Crippen MR) is 67.1 cm³/mol. The van der Waals surface area contributed by atoms with Crippen molar-refractivity contribution in [3.05, 3.63) is 53.2 Å². The van der Waals surface area contributed by atoms with Gasteiger partial charge in [-0.05, 0) is 49.3 Å². The summed E-state index contributed by atoms with van der Waals surface area (Å²) in [5, 5.41) is 17.5. The van der Waals surface area contributed by atoms with E-state index in [2.05, 4.69) is 10.2 Å². The summed E-state index contributed by atoms with van der Waals surface area (Å²) in [6, 6.07) is 5.06. The van der Waals surface area contributed by atoms with Gasteiger partial charge >= 0.3 is 0 Å². The third-order valence-corrected chi connectivity index (χ3v) is 2.57. The molecular formula is C13H13N3O2. The molecule has 0 fully saturated rings. The van der Waals surface area contributed by atoms with Crippen LogP contribution >= 0.6 is 0 Å². The van der Waals surface area contributed by atoms with E-state index in [1.165, 1.54) is 12.3 Å². The molecule has 0 atom stereocenters. The SMILES string of the molecule is CC1=CC(=N/N=c2\ccccn2O)C(C)=CC1=O. The summed E-state index contributed by atoms with van der Waals surface area (Å²) < 4.78 is 0.883. The van der Waals surface area contributed by atoms with Gasteiger partial charge in [0, 0.05) is 6.20 Å². The Morgan fingerprint density at radius 1 is 1.11 bits per heavy atom. The fourth-order valence-electron chi connectivity index (χ4n) is 1.49. The van der Waals surface area contributed by atoms with E-state index < -0.39 is 0 Å². The van der Waals surface area contributed by atoms with Crippen molar-refractivity contribution in [2.24, 2.45) is 10.2 Å². The number of allylic oxidation sites excluding steroid dienone is 4. The summed E-state index contributed by atoms with van der Waals surface area (Å²) in [6.45, 7) is 3.53. The van der Waals surface area contributed by atoms with Crippen LogP contribution in [0.2, 0.25) is 0 Å². The summed E-state index contributed by atoms with van der Waals surface area (Å²) >= 11 is 0. The lowest BCUT2D eigenvalue weighted by atomic mass is 9.99. The molecule has 1 aromatic rings. The monoisotopic (exact) mass is 243 g/mol. The predicted octanol–water partition coefficient (Wildman–Crippen LogP) is 1.46. The van der Waals surface area contributed by atoms with Crippen molar-refractivity contribution in [1.82, 2.24) is 4.73 Å². The third-order valence-electron chi connectivity index (χ3n) is 2.57. The van der Waals surface area contributed by atoms with Crippen LogP contribution in [0.1, 0.15) is 13.8 Å². The van der Waals surface area contributed by atoms with Crippen LogP contribution in [0.5, 0.6) is 0 Å². The standard InChI is InChI=1S/C13H13N3O2/c1-9-8-12(17)10(2)7-11(9)14-15-13-5-3-4-6-16(13)18/h3-8,18H,1-2H3/b14-11?,15-13+. The Morgan fingerprint density at radius 3 is 2.61 bits per heavy atom. The normalized spacial score (nSPS) is 18.9. The number of rotatable bonds is 1.